The summed E-state index contributed by atoms with van der Waals surface area (Å²) in [7, 11) is 0. The second-order valence-corrected chi connectivity index (χ2v) is 4.66. The molecule has 0 aliphatic carbocycles. The molecule has 102 valence electrons. The van der Waals surface area contributed by atoms with Crippen LogP contribution in [0.15, 0.2) is 53.9 Å². The van der Waals surface area contributed by atoms with Crippen LogP contribution in [0.1, 0.15) is 0 Å². The summed E-state index contributed by atoms with van der Waals surface area (Å²) < 4.78 is 0. The van der Waals surface area contributed by atoms with E-state index in [9.17, 15) is 5.21 Å². The van der Waals surface area contributed by atoms with E-state index in [1.807, 2.05) is 12.1 Å². The Morgan fingerprint density at radius 2 is 1.57 bits per heavy atom. The van der Waals surface area contributed by atoms with Crippen molar-refractivity contribution in [3.63, 3.8) is 0 Å². The van der Waals surface area contributed by atoms with Crippen LogP contribution in [-0.4, -0.2) is 25.3 Å². The molecule has 0 fully saturated rings. The number of fused-ring (bicyclic) bond motifs is 2. The first kappa shape index (κ1) is 11.6. The normalized spacial score (nSPS) is 12.3. The smallest absolute Gasteiger partial charge is 0.247 e. The van der Waals surface area contributed by atoms with Crippen LogP contribution >= 0.6 is 0 Å². The Bertz CT molecular complexity index is 968. The summed E-state index contributed by atoms with van der Waals surface area (Å²) in [5, 5.41) is 31.7. The molecule has 4 rings (SSSR count). The average Bonchev–Trinajstić information content (AvgIpc) is 3.14. The number of nitrogens with zero attached hydrogens (tertiary/aromatic N) is 4. The maximum Gasteiger partial charge on any atom is 0.247 e. The molecule has 4 aromatic rings. The van der Waals surface area contributed by atoms with Gasteiger partial charge in [0, 0.05) is 28.0 Å². The lowest BCUT2D eigenvalue weighted by molar-refractivity contribution is -0.435. The summed E-state index contributed by atoms with van der Waals surface area (Å²) >= 11 is 0. The molecule has 0 bridgehead atoms. The van der Waals surface area contributed by atoms with Gasteiger partial charge in [-0.2, -0.15) is 10.2 Å². The minimum atomic E-state index is 0.441. The molecule has 2 aromatic heterocycles. The van der Waals surface area contributed by atoms with Crippen molar-refractivity contribution in [3.05, 3.63) is 54.0 Å². The Balaban J connectivity index is 1.75. The molecule has 0 atom stereocenters. The van der Waals surface area contributed by atoms with Gasteiger partial charge in [0.05, 0.1) is 23.4 Å². The number of nitrogens with one attached hydrogen (secondary N) is 2. The molecule has 2 N–H and O–H groups in total. The lowest BCUT2D eigenvalue weighted by Gasteiger charge is -2.00. The predicted octanol–water partition coefficient (Wildman–Crippen LogP) is 3.36. The van der Waals surface area contributed by atoms with E-state index in [2.05, 4.69) is 25.5 Å². The minimum absolute atomic E-state index is 0.441. The van der Waals surface area contributed by atoms with Crippen molar-refractivity contribution in [2.75, 3.05) is 0 Å². The molecular weight excluding hydrogens is 268 g/mol. The van der Waals surface area contributed by atoms with E-state index in [0.29, 0.717) is 16.2 Å². The molecule has 21 heavy (non-hydrogen) atoms. The van der Waals surface area contributed by atoms with Gasteiger partial charge < -0.3 is 5.21 Å². The van der Waals surface area contributed by atoms with E-state index in [-0.39, 0.29) is 0 Å². The van der Waals surface area contributed by atoms with Crippen molar-refractivity contribution >= 4 is 33.2 Å². The standard InChI is InChI=1S/C14H10N6O/c21-20(12-4-2-10-8-16-18-14(10)6-12)19-11-3-1-9-7-15-17-13(9)5-11/h1-8H,(H,15,17)(H,16,18). The van der Waals surface area contributed by atoms with Gasteiger partial charge >= 0.3 is 0 Å². The zero-order valence-electron chi connectivity index (χ0n) is 10.8. The van der Waals surface area contributed by atoms with Crippen LogP contribution in [0.3, 0.4) is 0 Å². The second-order valence-electron chi connectivity index (χ2n) is 4.66. The van der Waals surface area contributed by atoms with Gasteiger partial charge in [0.1, 0.15) is 5.69 Å². The van der Waals surface area contributed by atoms with E-state index >= 15 is 0 Å². The highest BCUT2D eigenvalue weighted by Crippen LogP contribution is 2.23. The van der Waals surface area contributed by atoms with Crippen LogP contribution in [0, 0.1) is 5.21 Å². The van der Waals surface area contributed by atoms with Crippen molar-refractivity contribution < 1.29 is 4.86 Å². The van der Waals surface area contributed by atoms with Crippen LogP contribution < -0.4 is 0 Å². The number of aromatic amines is 2. The van der Waals surface area contributed by atoms with Gasteiger partial charge in [-0.1, -0.05) is 4.86 Å². The third kappa shape index (κ3) is 2.00. The van der Waals surface area contributed by atoms with E-state index in [0.717, 1.165) is 21.8 Å². The van der Waals surface area contributed by atoms with Crippen molar-refractivity contribution in [1.82, 2.24) is 20.4 Å². The summed E-state index contributed by atoms with van der Waals surface area (Å²) in [6.07, 6.45) is 3.43. The fourth-order valence-electron chi connectivity index (χ4n) is 2.19. The fourth-order valence-corrected chi connectivity index (χ4v) is 2.19. The third-order valence-electron chi connectivity index (χ3n) is 3.28. The Morgan fingerprint density at radius 1 is 0.905 bits per heavy atom. The van der Waals surface area contributed by atoms with Gasteiger partial charge in [-0.25, -0.2) is 0 Å². The minimum Gasteiger partial charge on any atom is -0.594 e. The first-order chi connectivity index (χ1) is 10.3. The quantitative estimate of drug-likeness (QED) is 0.334. The van der Waals surface area contributed by atoms with Gasteiger partial charge in [0.2, 0.25) is 5.69 Å². The third-order valence-corrected chi connectivity index (χ3v) is 3.28. The molecule has 0 saturated heterocycles. The molecule has 2 aromatic carbocycles. The highest BCUT2D eigenvalue weighted by atomic mass is 16.5. The summed E-state index contributed by atoms with van der Waals surface area (Å²) in [6.45, 7) is 0. The zero-order chi connectivity index (χ0) is 14.2. The molecule has 0 saturated carbocycles. The second kappa shape index (κ2) is 4.41. The summed E-state index contributed by atoms with van der Waals surface area (Å²) in [5.74, 6) is 0. The van der Waals surface area contributed by atoms with Gasteiger partial charge in [-0.15, -0.1) is 0 Å². The summed E-state index contributed by atoms with van der Waals surface area (Å²) in [4.78, 5) is 0.595. The van der Waals surface area contributed by atoms with Crippen LogP contribution in [0.25, 0.3) is 21.8 Å². The summed E-state index contributed by atoms with van der Waals surface area (Å²) in [6, 6.07) is 10.7. The topological polar surface area (TPSA) is 95.8 Å². The van der Waals surface area contributed by atoms with Crippen molar-refractivity contribution in [1.29, 1.82) is 0 Å². The Labute approximate surface area is 118 Å². The van der Waals surface area contributed by atoms with E-state index in [4.69, 9.17) is 0 Å². The van der Waals surface area contributed by atoms with Crippen molar-refractivity contribution in [2.24, 2.45) is 5.11 Å². The van der Waals surface area contributed by atoms with Crippen LogP contribution in [0.4, 0.5) is 11.4 Å². The number of H-pyrrole nitrogens is 2. The number of rotatable bonds is 2. The Kier molecular flexibility index (Phi) is 2.43. The van der Waals surface area contributed by atoms with Crippen LogP contribution in [0.5, 0.6) is 0 Å². The highest BCUT2D eigenvalue weighted by Gasteiger charge is 2.07. The van der Waals surface area contributed by atoms with Gasteiger partial charge in [-0.05, 0) is 24.3 Å². The van der Waals surface area contributed by atoms with Crippen molar-refractivity contribution in [3.8, 4) is 0 Å². The molecule has 0 unspecified atom stereocenters. The van der Waals surface area contributed by atoms with Gasteiger partial charge in [0.25, 0.3) is 0 Å². The highest BCUT2D eigenvalue weighted by molar-refractivity contribution is 5.81. The molecule has 0 radical (unpaired) electrons. The SMILES string of the molecule is [O-][N+](=Nc1ccc2cn[nH]c2c1)c1ccc2cn[nH]c2c1. The van der Waals surface area contributed by atoms with Crippen molar-refractivity contribution in [2.45, 2.75) is 0 Å². The molecule has 0 aliphatic heterocycles. The monoisotopic (exact) mass is 278 g/mol. The zero-order valence-corrected chi connectivity index (χ0v) is 10.8. The number of hydrogen-bond donors (Lipinski definition) is 2. The Morgan fingerprint density at radius 3 is 2.33 bits per heavy atom. The van der Waals surface area contributed by atoms with Gasteiger partial charge in [-0.3, -0.25) is 10.2 Å². The molecular formula is C14H10N6O. The average molecular weight is 278 g/mol. The first-order valence-electron chi connectivity index (χ1n) is 6.35. The molecule has 0 aliphatic rings. The molecule has 2 heterocycles. The number of aromatic nitrogens is 4. The van der Waals surface area contributed by atoms with Gasteiger partial charge in [0.15, 0.2) is 0 Å². The maximum atomic E-state index is 12.1. The number of benzene rings is 2. The van der Waals surface area contributed by atoms with Crippen LogP contribution in [-0.2, 0) is 0 Å². The first-order valence-corrected chi connectivity index (χ1v) is 6.35. The number of hydrogen-bond acceptors (Lipinski definition) is 4. The lowest BCUT2D eigenvalue weighted by Crippen LogP contribution is -1.90. The van der Waals surface area contributed by atoms with E-state index in [1.54, 1.807) is 36.7 Å². The maximum absolute atomic E-state index is 12.1. The lowest BCUT2D eigenvalue weighted by atomic mass is 10.2. The summed E-state index contributed by atoms with van der Waals surface area (Å²) in [5.41, 5.74) is 2.64. The molecule has 7 heteroatoms. The number of azo groups is 1. The molecule has 0 amide bonds. The molecule has 0 spiro atoms. The predicted molar refractivity (Wildman–Crippen MR) is 77.6 cm³/mol. The fraction of sp³-hybridized carbons (Fsp3) is 0. The van der Waals surface area contributed by atoms with E-state index in [1.165, 1.54) is 0 Å². The Hall–Kier alpha value is -3.22. The molecule has 7 nitrogen and oxygen atoms in total. The van der Waals surface area contributed by atoms with Crippen LogP contribution in [0.2, 0.25) is 0 Å². The van der Waals surface area contributed by atoms with E-state index < -0.39 is 0 Å². The largest absolute Gasteiger partial charge is 0.594 e.